The predicted molar refractivity (Wildman–Crippen MR) is 221 cm³/mol. The molecule has 5 heteroatoms. The van der Waals surface area contributed by atoms with E-state index in [1.807, 2.05) is 38.1 Å². The molecule has 0 saturated carbocycles. The van der Waals surface area contributed by atoms with Crippen LogP contribution in [0.5, 0.6) is 0 Å². The molecule has 0 unspecified atom stereocenters. The van der Waals surface area contributed by atoms with Crippen molar-refractivity contribution in [2.45, 2.75) is 13.8 Å². The molecule has 0 aliphatic rings. The zero-order chi connectivity index (χ0) is 36.3. The van der Waals surface area contributed by atoms with Crippen molar-refractivity contribution in [2.75, 3.05) is 0 Å². The molecule has 0 spiro atoms. The van der Waals surface area contributed by atoms with E-state index in [9.17, 15) is 5.26 Å². The summed E-state index contributed by atoms with van der Waals surface area (Å²) < 4.78 is 4.65. The van der Waals surface area contributed by atoms with Crippen LogP contribution in [0.3, 0.4) is 0 Å². The first kappa shape index (κ1) is 31.4. The average molecular weight is 692 g/mol. The summed E-state index contributed by atoms with van der Waals surface area (Å²) in [5.41, 5.74) is 13.6. The smallest absolute Gasteiger partial charge is 0.126 e. The van der Waals surface area contributed by atoms with Gasteiger partial charge in [-0.3, -0.25) is 0 Å². The number of fused-ring (bicyclic) bond motifs is 6. The maximum absolute atomic E-state index is 10.8. The summed E-state index contributed by atoms with van der Waals surface area (Å²) in [6.45, 7) is 3.96. The Morgan fingerprint density at radius 2 is 0.907 bits per heavy atom. The summed E-state index contributed by atoms with van der Waals surface area (Å²) >= 11 is 0. The Bertz CT molecular complexity index is 2930. The summed E-state index contributed by atoms with van der Waals surface area (Å²) in [4.78, 5) is 9.82. The van der Waals surface area contributed by atoms with E-state index in [0.717, 1.165) is 94.2 Å². The van der Waals surface area contributed by atoms with Crippen molar-refractivity contribution in [1.29, 1.82) is 5.26 Å². The van der Waals surface area contributed by atoms with Gasteiger partial charge in [-0.15, -0.1) is 0 Å². The third-order valence-corrected chi connectivity index (χ3v) is 10.5. The van der Waals surface area contributed by atoms with Crippen LogP contribution in [-0.4, -0.2) is 19.1 Å². The van der Waals surface area contributed by atoms with E-state index in [2.05, 4.69) is 155 Å². The lowest BCUT2D eigenvalue weighted by molar-refractivity contribution is 1.01. The van der Waals surface area contributed by atoms with Gasteiger partial charge in [0.05, 0.1) is 50.8 Å². The average Bonchev–Trinajstić information content (AvgIpc) is 3.72. The third kappa shape index (κ3) is 5.00. The molecular weight excluding hydrogens is 659 g/mol. The van der Waals surface area contributed by atoms with E-state index < -0.39 is 0 Å². The maximum atomic E-state index is 10.8. The fourth-order valence-corrected chi connectivity index (χ4v) is 8.22. The molecule has 3 heterocycles. The highest BCUT2D eigenvalue weighted by molar-refractivity contribution is 6.13. The van der Waals surface area contributed by atoms with Gasteiger partial charge in [-0.05, 0) is 78.6 Å². The van der Waals surface area contributed by atoms with Crippen molar-refractivity contribution in [3.63, 3.8) is 0 Å². The summed E-state index contributed by atoms with van der Waals surface area (Å²) in [6.07, 6.45) is 0. The fraction of sp³-hybridized carbons (Fsp3) is 0.0408. The Balaban J connectivity index is 1.38. The lowest BCUT2D eigenvalue weighted by Crippen LogP contribution is -2.07. The van der Waals surface area contributed by atoms with Crippen molar-refractivity contribution in [3.8, 4) is 51.0 Å². The molecule has 7 aromatic carbocycles. The lowest BCUT2D eigenvalue weighted by atomic mass is 10.0. The summed E-state index contributed by atoms with van der Waals surface area (Å²) in [6, 6.07) is 60.1. The first-order valence-electron chi connectivity index (χ1n) is 18.1. The number of benzene rings is 7. The molecule has 5 nitrogen and oxygen atoms in total. The van der Waals surface area contributed by atoms with E-state index in [4.69, 9.17) is 9.97 Å². The Labute approximate surface area is 312 Å². The molecule has 0 aliphatic heterocycles. The number of aromatic nitrogens is 4. The van der Waals surface area contributed by atoms with Crippen LogP contribution in [0.15, 0.2) is 164 Å². The van der Waals surface area contributed by atoms with Gasteiger partial charge in [0.25, 0.3) is 0 Å². The molecule has 0 fully saturated rings. The van der Waals surface area contributed by atoms with E-state index in [0.29, 0.717) is 11.4 Å². The first-order valence-corrected chi connectivity index (χ1v) is 18.1. The molecular formula is C49H33N5. The monoisotopic (exact) mass is 691 g/mol. The number of aryl methyl sites for hydroxylation is 2. The molecule has 0 aliphatic carbocycles. The van der Waals surface area contributed by atoms with Gasteiger partial charge in [-0.2, -0.15) is 5.26 Å². The number of nitriles is 1. The Morgan fingerprint density at radius 3 is 1.39 bits per heavy atom. The van der Waals surface area contributed by atoms with Crippen LogP contribution in [0.2, 0.25) is 0 Å². The minimum absolute atomic E-state index is 0.557. The van der Waals surface area contributed by atoms with Gasteiger partial charge in [0, 0.05) is 32.8 Å². The van der Waals surface area contributed by atoms with Gasteiger partial charge in [-0.1, -0.05) is 121 Å². The molecule has 10 rings (SSSR count). The fourth-order valence-electron chi connectivity index (χ4n) is 8.22. The number of hydrogen-bond donors (Lipinski definition) is 0. The van der Waals surface area contributed by atoms with Gasteiger partial charge in [0.1, 0.15) is 5.82 Å². The molecule has 3 aromatic heterocycles. The maximum Gasteiger partial charge on any atom is 0.126 e. The molecule has 10 aromatic rings. The number of para-hydroxylation sites is 2. The van der Waals surface area contributed by atoms with Gasteiger partial charge >= 0.3 is 0 Å². The molecule has 0 bridgehead atoms. The van der Waals surface area contributed by atoms with Crippen molar-refractivity contribution in [3.05, 3.63) is 181 Å². The van der Waals surface area contributed by atoms with E-state index >= 15 is 0 Å². The highest BCUT2D eigenvalue weighted by atomic mass is 15.0. The van der Waals surface area contributed by atoms with E-state index in [1.165, 1.54) is 0 Å². The molecule has 0 N–H and O–H groups in total. The molecule has 0 atom stereocenters. The highest BCUT2D eigenvalue weighted by Crippen LogP contribution is 2.43. The van der Waals surface area contributed by atoms with Crippen LogP contribution in [0.1, 0.15) is 17.1 Å². The summed E-state index contributed by atoms with van der Waals surface area (Å²) in [5, 5.41) is 15.3. The largest absolute Gasteiger partial charge is 0.308 e. The number of nitrogens with zero attached hydrogens (tertiary/aromatic N) is 5. The second-order valence-corrected chi connectivity index (χ2v) is 13.8. The van der Waals surface area contributed by atoms with Crippen molar-refractivity contribution in [1.82, 2.24) is 19.1 Å². The molecule has 0 saturated heterocycles. The molecule has 254 valence electrons. The quantitative estimate of drug-likeness (QED) is 0.180. The zero-order valence-corrected chi connectivity index (χ0v) is 29.8. The normalized spacial score (nSPS) is 11.5. The molecule has 54 heavy (non-hydrogen) atoms. The number of rotatable bonds is 5. The third-order valence-electron chi connectivity index (χ3n) is 10.5. The van der Waals surface area contributed by atoms with Gasteiger partial charge in [0.2, 0.25) is 0 Å². The summed E-state index contributed by atoms with van der Waals surface area (Å²) in [7, 11) is 0. The first-order chi connectivity index (χ1) is 26.6. The van der Waals surface area contributed by atoms with Crippen LogP contribution in [-0.2, 0) is 0 Å². The Kier molecular flexibility index (Phi) is 7.24. The van der Waals surface area contributed by atoms with Crippen LogP contribution >= 0.6 is 0 Å². The second kappa shape index (κ2) is 12.4. The van der Waals surface area contributed by atoms with Crippen LogP contribution in [0.25, 0.3) is 88.5 Å². The van der Waals surface area contributed by atoms with Gasteiger partial charge in [-0.25, -0.2) is 9.97 Å². The van der Waals surface area contributed by atoms with Crippen molar-refractivity contribution < 1.29 is 0 Å². The molecule has 0 amide bonds. The topological polar surface area (TPSA) is 59.4 Å². The van der Waals surface area contributed by atoms with E-state index in [1.54, 1.807) is 0 Å². The SMILES string of the molecule is Cc1cc(-c2c(-n3c4ccccc4c4ccc(-c5ccccc5)cc43)cc(C#N)cc2-n2c3ccccc3c3ccc(-c4ccccc4)cc32)nc(C)n1. The minimum atomic E-state index is 0.557. The van der Waals surface area contributed by atoms with E-state index in [-0.39, 0.29) is 0 Å². The van der Waals surface area contributed by atoms with Crippen LogP contribution in [0.4, 0.5) is 0 Å². The zero-order valence-electron chi connectivity index (χ0n) is 29.8. The molecule has 0 radical (unpaired) electrons. The Hall–Kier alpha value is -7.29. The van der Waals surface area contributed by atoms with Gasteiger partial charge in [0.15, 0.2) is 0 Å². The highest BCUT2D eigenvalue weighted by Gasteiger charge is 2.24. The standard InChI is InChI=1S/C49H33N5/c1-31-25-42(52-32(2)51-31)49-47(53-43-19-11-9-17-38(43)40-23-21-36(28-45(40)53)34-13-5-3-6-14-34)26-33(30-50)27-48(49)54-44-20-12-10-18-39(44)41-24-22-37(29-46(41)54)35-15-7-4-8-16-35/h3-29H,1-2H3. The van der Waals surface area contributed by atoms with Crippen LogP contribution in [0, 0.1) is 25.2 Å². The summed E-state index contributed by atoms with van der Waals surface area (Å²) in [5.74, 6) is 0.688. The van der Waals surface area contributed by atoms with Crippen molar-refractivity contribution >= 4 is 43.6 Å². The van der Waals surface area contributed by atoms with Crippen LogP contribution < -0.4 is 0 Å². The number of hydrogen-bond acceptors (Lipinski definition) is 3. The predicted octanol–water partition coefficient (Wildman–Crippen LogP) is 12.2. The van der Waals surface area contributed by atoms with Crippen molar-refractivity contribution in [2.24, 2.45) is 0 Å². The minimum Gasteiger partial charge on any atom is -0.308 e. The lowest BCUT2D eigenvalue weighted by Gasteiger charge is -2.21. The van der Waals surface area contributed by atoms with Gasteiger partial charge < -0.3 is 9.13 Å². The Morgan fingerprint density at radius 1 is 0.444 bits per heavy atom. The second-order valence-electron chi connectivity index (χ2n) is 13.8.